The van der Waals surface area contributed by atoms with Crippen LogP contribution in [0.2, 0.25) is 0 Å². The van der Waals surface area contributed by atoms with E-state index in [1.54, 1.807) is 6.07 Å². The summed E-state index contributed by atoms with van der Waals surface area (Å²) >= 11 is 0. The Balaban J connectivity index is 2.52. The van der Waals surface area contributed by atoms with Gasteiger partial charge in [0.15, 0.2) is 0 Å². The van der Waals surface area contributed by atoms with Gasteiger partial charge in [0.25, 0.3) is 0 Å². The van der Waals surface area contributed by atoms with Crippen LogP contribution < -0.4 is 10.6 Å². The molecule has 0 aliphatic heterocycles. The highest BCUT2D eigenvalue weighted by molar-refractivity contribution is 5.78. The summed E-state index contributed by atoms with van der Waals surface area (Å²) in [7, 11) is 0. The largest absolute Gasteiger partial charge is 0.416 e. The van der Waals surface area contributed by atoms with E-state index in [0.717, 1.165) is 6.07 Å². The Labute approximate surface area is 122 Å². The van der Waals surface area contributed by atoms with E-state index in [4.69, 9.17) is 0 Å². The molecule has 0 spiro atoms. The topological polar surface area (TPSA) is 41.1 Å². The number of rotatable bonds is 6. The average molecular weight is 302 g/mol. The molecule has 0 saturated carbocycles. The highest BCUT2D eigenvalue weighted by Crippen LogP contribution is 2.31. The van der Waals surface area contributed by atoms with Crippen molar-refractivity contribution in [3.63, 3.8) is 0 Å². The van der Waals surface area contributed by atoms with Crippen LogP contribution in [0, 0.1) is 5.92 Å². The van der Waals surface area contributed by atoms with E-state index in [0.29, 0.717) is 5.92 Å². The predicted molar refractivity (Wildman–Crippen MR) is 75.6 cm³/mol. The van der Waals surface area contributed by atoms with Crippen LogP contribution in [0.3, 0.4) is 0 Å². The number of nitrogens with one attached hydrogen (secondary N) is 2. The van der Waals surface area contributed by atoms with Gasteiger partial charge in [0.2, 0.25) is 5.91 Å². The Morgan fingerprint density at radius 2 is 1.81 bits per heavy atom. The molecule has 0 aromatic heterocycles. The summed E-state index contributed by atoms with van der Waals surface area (Å²) in [5, 5.41) is 5.53. The van der Waals surface area contributed by atoms with E-state index in [1.807, 2.05) is 20.8 Å². The fraction of sp³-hybridized carbons (Fsp3) is 0.533. The quantitative estimate of drug-likeness (QED) is 0.848. The summed E-state index contributed by atoms with van der Waals surface area (Å²) in [6.45, 7) is 5.85. The number of alkyl halides is 3. The Kier molecular flexibility index (Phi) is 6.20. The zero-order chi connectivity index (χ0) is 16.0. The van der Waals surface area contributed by atoms with Gasteiger partial charge in [0.1, 0.15) is 0 Å². The molecule has 1 unspecified atom stereocenters. The molecule has 1 atom stereocenters. The molecule has 6 heteroatoms. The minimum atomic E-state index is -4.38. The van der Waals surface area contributed by atoms with E-state index < -0.39 is 11.7 Å². The lowest BCUT2D eigenvalue weighted by molar-refractivity contribution is -0.138. The first-order valence-corrected chi connectivity index (χ1v) is 6.87. The molecule has 0 aliphatic carbocycles. The van der Waals surface area contributed by atoms with Crippen LogP contribution in [0.5, 0.6) is 0 Å². The van der Waals surface area contributed by atoms with Crippen molar-refractivity contribution in [3.05, 3.63) is 35.4 Å². The molecule has 0 aliphatic rings. The van der Waals surface area contributed by atoms with Crippen LogP contribution in [0.4, 0.5) is 13.2 Å². The number of halogens is 3. The highest BCUT2D eigenvalue weighted by Gasteiger charge is 2.32. The molecule has 0 radical (unpaired) electrons. The summed E-state index contributed by atoms with van der Waals surface area (Å²) < 4.78 is 38.4. The first-order valence-electron chi connectivity index (χ1n) is 6.87. The van der Waals surface area contributed by atoms with Crippen LogP contribution in [0.15, 0.2) is 24.3 Å². The third kappa shape index (κ3) is 5.75. The number of hydrogen-bond donors (Lipinski definition) is 2. The molecular formula is C15H21F3N2O. The first kappa shape index (κ1) is 17.5. The lowest BCUT2D eigenvalue weighted by atomic mass is 10.1. The maximum absolute atomic E-state index is 12.8. The molecule has 2 N–H and O–H groups in total. The standard InChI is InChI=1S/C15H21F3N2O/c1-10(2)11(3)20-14(21)9-19-8-12-6-4-5-7-13(12)15(16,17)18/h4-7,10-11,19H,8-9H2,1-3H3,(H,20,21). The second-order valence-corrected chi connectivity index (χ2v) is 5.36. The SMILES string of the molecule is CC(C)C(C)NC(=O)CNCc1ccccc1C(F)(F)F. The maximum Gasteiger partial charge on any atom is 0.416 e. The molecule has 1 aromatic carbocycles. The van der Waals surface area contributed by atoms with Crippen LogP contribution in [0.1, 0.15) is 31.9 Å². The number of benzene rings is 1. The lowest BCUT2D eigenvalue weighted by Crippen LogP contribution is -2.41. The van der Waals surface area contributed by atoms with Gasteiger partial charge in [-0.25, -0.2) is 0 Å². The van der Waals surface area contributed by atoms with Gasteiger partial charge in [0, 0.05) is 12.6 Å². The smallest absolute Gasteiger partial charge is 0.352 e. The van der Waals surface area contributed by atoms with Gasteiger partial charge < -0.3 is 10.6 Å². The average Bonchev–Trinajstić information content (AvgIpc) is 2.37. The zero-order valence-electron chi connectivity index (χ0n) is 12.4. The normalized spacial score (nSPS) is 13.3. The minimum absolute atomic E-state index is 0.000830. The van der Waals surface area contributed by atoms with Crippen molar-refractivity contribution in [3.8, 4) is 0 Å². The summed E-state index contributed by atoms with van der Waals surface area (Å²) in [6, 6.07) is 5.38. The van der Waals surface area contributed by atoms with Crippen molar-refractivity contribution in [1.82, 2.24) is 10.6 Å². The molecular weight excluding hydrogens is 281 g/mol. The lowest BCUT2D eigenvalue weighted by Gasteiger charge is -2.18. The van der Waals surface area contributed by atoms with E-state index >= 15 is 0 Å². The van der Waals surface area contributed by atoms with Crippen LogP contribution in [0.25, 0.3) is 0 Å². The van der Waals surface area contributed by atoms with Crippen LogP contribution in [-0.2, 0) is 17.5 Å². The molecule has 1 aromatic rings. The van der Waals surface area contributed by atoms with Gasteiger partial charge in [-0.1, -0.05) is 32.0 Å². The summed E-state index contributed by atoms with van der Waals surface area (Å²) in [5.74, 6) is 0.0839. The van der Waals surface area contributed by atoms with Crippen molar-refractivity contribution in [1.29, 1.82) is 0 Å². The second kappa shape index (κ2) is 7.45. The molecule has 0 heterocycles. The summed E-state index contributed by atoms with van der Waals surface area (Å²) in [4.78, 5) is 11.6. The molecule has 21 heavy (non-hydrogen) atoms. The molecule has 1 amide bonds. The van der Waals surface area contributed by atoms with Gasteiger partial charge in [-0.15, -0.1) is 0 Å². The van der Waals surface area contributed by atoms with Crippen molar-refractivity contribution in [2.45, 2.75) is 39.5 Å². The van der Waals surface area contributed by atoms with Crippen LogP contribution in [-0.4, -0.2) is 18.5 Å². The fourth-order valence-electron chi connectivity index (χ4n) is 1.73. The fourth-order valence-corrected chi connectivity index (χ4v) is 1.73. The van der Waals surface area contributed by atoms with Crippen LogP contribution >= 0.6 is 0 Å². The van der Waals surface area contributed by atoms with Gasteiger partial charge in [-0.3, -0.25) is 4.79 Å². The van der Waals surface area contributed by atoms with Gasteiger partial charge in [-0.2, -0.15) is 13.2 Å². The molecule has 0 fully saturated rings. The monoisotopic (exact) mass is 302 g/mol. The van der Waals surface area contributed by atoms with Crippen molar-refractivity contribution in [2.24, 2.45) is 5.92 Å². The van der Waals surface area contributed by atoms with Crippen molar-refractivity contribution < 1.29 is 18.0 Å². The summed E-state index contributed by atoms with van der Waals surface area (Å²) in [6.07, 6.45) is -4.38. The first-order chi connectivity index (χ1) is 9.71. The van der Waals surface area contributed by atoms with E-state index in [-0.39, 0.29) is 30.6 Å². The molecule has 0 saturated heterocycles. The predicted octanol–water partition coefficient (Wildman–Crippen LogP) is 2.96. The van der Waals surface area contributed by atoms with Gasteiger partial charge >= 0.3 is 6.18 Å². The second-order valence-electron chi connectivity index (χ2n) is 5.36. The van der Waals surface area contributed by atoms with Crippen molar-refractivity contribution in [2.75, 3.05) is 6.54 Å². The van der Waals surface area contributed by atoms with Gasteiger partial charge in [0.05, 0.1) is 12.1 Å². The molecule has 3 nitrogen and oxygen atoms in total. The van der Waals surface area contributed by atoms with E-state index in [2.05, 4.69) is 10.6 Å². The Morgan fingerprint density at radius 1 is 1.19 bits per heavy atom. The highest BCUT2D eigenvalue weighted by atomic mass is 19.4. The third-order valence-corrected chi connectivity index (χ3v) is 3.31. The number of hydrogen-bond acceptors (Lipinski definition) is 2. The number of carbonyl (C=O) groups is 1. The van der Waals surface area contributed by atoms with Crippen molar-refractivity contribution >= 4 is 5.91 Å². The Bertz CT molecular complexity index is 472. The summed E-state index contributed by atoms with van der Waals surface area (Å²) in [5.41, 5.74) is -0.539. The maximum atomic E-state index is 12.8. The third-order valence-electron chi connectivity index (χ3n) is 3.31. The van der Waals surface area contributed by atoms with E-state index in [9.17, 15) is 18.0 Å². The Morgan fingerprint density at radius 3 is 2.38 bits per heavy atom. The van der Waals surface area contributed by atoms with Gasteiger partial charge in [-0.05, 0) is 24.5 Å². The molecule has 0 bridgehead atoms. The number of amides is 1. The Hall–Kier alpha value is -1.56. The molecule has 1 rings (SSSR count). The minimum Gasteiger partial charge on any atom is -0.352 e. The zero-order valence-corrected chi connectivity index (χ0v) is 12.4. The number of carbonyl (C=O) groups excluding carboxylic acids is 1. The molecule has 118 valence electrons. The van der Waals surface area contributed by atoms with E-state index in [1.165, 1.54) is 12.1 Å².